The molecule has 1 aliphatic carbocycles. The molecule has 2 rings (SSSR count). The summed E-state index contributed by atoms with van der Waals surface area (Å²) in [6.07, 6.45) is 7.71. The maximum absolute atomic E-state index is 5.54. The van der Waals surface area contributed by atoms with Gasteiger partial charge in [-0.2, -0.15) is 0 Å². The molecule has 2 fully saturated rings. The molecular weight excluding hydrogens is 226 g/mol. The van der Waals surface area contributed by atoms with Crippen molar-refractivity contribution in [3.63, 3.8) is 0 Å². The van der Waals surface area contributed by atoms with Crippen molar-refractivity contribution in [2.45, 2.75) is 44.6 Å². The minimum Gasteiger partial charge on any atom is -0.353 e. The first kappa shape index (κ1) is 13.6. The molecule has 2 aliphatic rings. The third-order valence-electron chi connectivity index (χ3n) is 4.06. The lowest BCUT2D eigenvalue weighted by atomic mass is 9.99. The van der Waals surface area contributed by atoms with Crippen molar-refractivity contribution in [1.82, 2.24) is 15.6 Å². The van der Waals surface area contributed by atoms with Crippen molar-refractivity contribution in [3.05, 3.63) is 0 Å². The molecule has 1 saturated heterocycles. The van der Waals surface area contributed by atoms with Crippen molar-refractivity contribution in [2.75, 3.05) is 26.7 Å². The van der Waals surface area contributed by atoms with Crippen molar-refractivity contribution < 1.29 is 0 Å². The first-order valence-electron chi connectivity index (χ1n) is 7.24. The number of hydrogen-bond acceptors (Lipinski definition) is 3. The number of likely N-dealkylation sites (tertiary alicyclic amines) is 1. The van der Waals surface area contributed by atoms with E-state index in [1.54, 1.807) is 0 Å². The van der Waals surface area contributed by atoms with Crippen LogP contribution in [0.2, 0.25) is 0 Å². The highest BCUT2D eigenvalue weighted by atomic mass is 15.3. The number of nitrogens with zero attached hydrogens (tertiary/aromatic N) is 2. The Hall–Kier alpha value is -0.810. The van der Waals surface area contributed by atoms with E-state index in [4.69, 9.17) is 5.84 Å². The molecule has 1 heterocycles. The lowest BCUT2D eigenvalue weighted by molar-refractivity contribution is 0.214. The highest BCUT2D eigenvalue weighted by Crippen LogP contribution is 2.18. The molecule has 18 heavy (non-hydrogen) atoms. The number of aliphatic imine (C=N–C) groups is 1. The summed E-state index contributed by atoms with van der Waals surface area (Å²) in [6, 6.07) is 0.564. The Morgan fingerprint density at radius 3 is 2.72 bits per heavy atom. The molecule has 1 saturated carbocycles. The summed E-state index contributed by atoms with van der Waals surface area (Å²) in [4.78, 5) is 7.00. The van der Waals surface area contributed by atoms with E-state index in [0.717, 1.165) is 19.0 Å². The largest absolute Gasteiger partial charge is 0.353 e. The fraction of sp³-hybridized carbons (Fsp3) is 0.923. The van der Waals surface area contributed by atoms with Crippen LogP contribution in [0.25, 0.3) is 0 Å². The Labute approximate surface area is 110 Å². The van der Waals surface area contributed by atoms with Crippen LogP contribution in [-0.2, 0) is 0 Å². The molecule has 0 aromatic heterocycles. The fourth-order valence-corrected chi connectivity index (χ4v) is 3.04. The molecule has 0 radical (unpaired) electrons. The predicted octanol–water partition coefficient (Wildman–Crippen LogP) is 0.680. The standard InChI is InChI=1S/C13H27N5/c1-18-8-4-5-11(10-18)9-15-13(17-14)16-12-6-2-3-7-12/h11-12H,2-10,14H2,1H3,(H2,15,16,17). The van der Waals surface area contributed by atoms with Crippen molar-refractivity contribution >= 4 is 5.96 Å². The second-order valence-electron chi connectivity index (χ2n) is 5.73. The van der Waals surface area contributed by atoms with Gasteiger partial charge >= 0.3 is 0 Å². The van der Waals surface area contributed by atoms with E-state index in [0.29, 0.717) is 12.0 Å². The minimum absolute atomic E-state index is 0.564. The molecule has 5 nitrogen and oxygen atoms in total. The average Bonchev–Trinajstić information content (AvgIpc) is 2.87. The molecule has 1 atom stereocenters. The average molecular weight is 253 g/mol. The van der Waals surface area contributed by atoms with Crippen LogP contribution in [-0.4, -0.2) is 43.6 Å². The highest BCUT2D eigenvalue weighted by Gasteiger charge is 2.18. The summed E-state index contributed by atoms with van der Waals surface area (Å²) < 4.78 is 0. The zero-order valence-corrected chi connectivity index (χ0v) is 11.5. The zero-order chi connectivity index (χ0) is 12.8. The van der Waals surface area contributed by atoms with E-state index in [-0.39, 0.29) is 0 Å². The van der Waals surface area contributed by atoms with Gasteiger partial charge in [0.25, 0.3) is 0 Å². The second kappa shape index (κ2) is 6.95. The van der Waals surface area contributed by atoms with Gasteiger partial charge in [-0.25, -0.2) is 5.84 Å². The molecule has 1 unspecified atom stereocenters. The SMILES string of the molecule is CN1CCCC(CN=C(NN)NC2CCCC2)C1. The summed E-state index contributed by atoms with van der Waals surface area (Å²) in [5.74, 6) is 6.99. The fourth-order valence-electron chi connectivity index (χ4n) is 3.04. The number of piperidine rings is 1. The number of rotatable bonds is 3. The monoisotopic (exact) mass is 253 g/mol. The van der Waals surface area contributed by atoms with E-state index in [1.807, 2.05) is 0 Å². The van der Waals surface area contributed by atoms with Crippen LogP contribution in [0.1, 0.15) is 38.5 Å². The molecular formula is C13H27N5. The maximum Gasteiger partial charge on any atom is 0.205 e. The molecule has 0 amide bonds. The van der Waals surface area contributed by atoms with Gasteiger partial charge in [0.05, 0.1) is 0 Å². The zero-order valence-electron chi connectivity index (χ0n) is 11.5. The molecule has 0 spiro atoms. The van der Waals surface area contributed by atoms with Crippen LogP contribution in [0, 0.1) is 5.92 Å². The first-order valence-corrected chi connectivity index (χ1v) is 7.24. The van der Waals surface area contributed by atoms with Crippen LogP contribution in [0.15, 0.2) is 4.99 Å². The third kappa shape index (κ3) is 4.14. The molecule has 0 bridgehead atoms. The second-order valence-corrected chi connectivity index (χ2v) is 5.73. The number of hydrogen-bond donors (Lipinski definition) is 3. The van der Waals surface area contributed by atoms with Gasteiger partial charge < -0.3 is 10.2 Å². The van der Waals surface area contributed by atoms with Gasteiger partial charge in [-0.1, -0.05) is 12.8 Å². The van der Waals surface area contributed by atoms with Crippen LogP contribution in [0.3, 0.4) is 0 Å². The lowest BCUT2D eigenvalue weighted by Gasteiger charge is -2.28. The molecule has 104 valence electrons. The normalized spacial score (nSPS) is 27.4. The smallest absolute Gasteiger partial charge is 0.205 e. The number of nitrogens with one attached hydrogen (secondary N) is 2. The Morgan fingerprint density at radius 1 is 1.28 bits per heavy atom. The van der Waals surface area contributed by atoms with Gasteiger partial charge in [0, 0.05) is 19.1 Å². The summed E-state index contributed by atoms with van der Waals surface area (Å²) in [5.41, 5.74) is 2.71. The Morgan fingerprint density at radius 2 is 2.06 bits per heavy atom. The van der Waals surface area contributed by atoms with Crippen LogP contribution in [0.5, 0.6) is 0 Å². The topological polar surface area (TPSA) is 65.7 Å². The van der Waals surface area contributed by atoms with Crippen molar-refractivity contribution in [1.29, 1.82) is 0 Å². The minimum atomic E-state index is 0.564. The third-order valence-corrected chi connectivity index (χ3v) is 4.06. The molecule has 0 aromatic carbocycles. The number of hydrazine groups is 1. The quantitative estimate of drug-likeness (QED) is 0.299. The Bertz CT molecular complexity index is 273. The summed E-state index contributed by atoms with van der Waals surface area (Å²) in [7, 11) is 2.19. The summed E-state index contributed by atoms with van der Waals surface area (Å²) in [5, 5.41) is 3.42. The number of guanidine groups is 1. The van der Waals surface area contributed by atoms with Gasteiger partial charge in [0.2, 0.25) is 5.96 Å². The van der Waals surface area contributed by atoms with Crippen molar-refractivity contribution in [2.24, 2.45) is 16.8 Å². The van der Waals surface area contributed by atoms with Gasteiger partial charge in [0.1, 0.15) is 0 Å². The predicted molar refractivity (Wildman–Crippen MR) is 75.2 cm³/mol. The molecule has 1 aliphatic heterocycles. The van der Waals surface area contributed by atoms with Gasteiger partial charge in [-0.3, -0.25) is 10.4 Å². The van der Waals surface area contributed by atoms with E-state index < -0.39 is 0 Å². The van der Waals surface area contributed by atoms with Crippen LogP contribution in [0.4, 0.5) is 0 Å². The van der Waals surface area contributed by atoms with E-state index >= 15 is 0 Å². The Balaban J connectivity index is 1.77. The van der Waals surface area contributed by atoms with Crippen LogP contribution >= 0.6 is 0 Å². The van der Waals surface area contributed by atoms with E-state index in [9.17, 15) is 0 Å². The summed E-state index contributed by atoms with van der Waals surface area (Å²) in [6.45, 7) is 3.26. The first-order chi connectivity index (χ1) is 8.78. The molecule has 0 aromatic rings. The van der Waals surface area contributed by atoms with E-state index in [2.05, 4.69) is 27.7 Å². The highest BCUT2D eigenvalue weighted by molar-refractivity contribution is 5.79. The molecule has 4 N–H and O–H groups in total. The van der Waals surface area contributed by atoms with Gasteiger partial charge in [-0.15, -0.1) is 0 Å². The van der Waals surface area contributed by atoms with Gasteiger partial charge in [-0.05, 0) is 45.2 Å². The van der Waals surface area contributed by atoms with Crippen molar-refractivity contribution in [3.8, 4) is 0 Å². The Kier molecular flexibility index (Phi) is 5.26. The van der Waals surface area contributed by atoms with Gasteiger partial charge in [0.15, 0.2) is 0 Å². The van der Waals surface area contributed by atoms with Crippen LogP contribution < -0.4 is 16.6 Å². The molecule has 5 heteroatoms. The maximum atomic E-state index is 5.54. The van der Waals surface area contributed by atoms with E-state index in [1.165, 1.54) is 45.1 Å². The summed E-state index contributed by atoms with van der Waals surface area (Å²) >= 11 is 0. The number of nitrogens with two attached hydrogens (primary N) is 1. The lowest BCUT2D eigenvalue weighted by Crippen LogP contribution is -2.46.